The molecule has 1 aliphatic rings. The Morgan fingerprint density at radius 1 is 1.40 bits per heavy atom. The standard InChI is InChI=1S/C14H15ClN6O2S.H2S/c15-13-19-11(17-6-9-16-3-5-24-9)10-12(20-13)21-14(18-10)23-7-8-2-1-4-22-8;/h3,5,8H,1-2,4,6-7H2,(H2,17,18,19,20,21);1H2/t8-;/m0./s1. The summed E-state index contributed by atoms with van der Waals surface area (Å²) < 4.78 is 11.2. The van der Waals surface area contributed by atoms with Crippen molar-refractivity contribution in [3.8, 4) is 6.01 Å². The van der Waals surface area contributed by atoms with E-state index in [0.717, 1.165) is 24.5 Å². The van der Waals surface area contributed by atoms with Crippen LogP contribution in [0.5, 0.6) is 6.01 Å². The lowest BCUT2D eigenvalue weighted by atomic mass is 10.2. The number of hydrogen-bond donors (Lipinski definition) is 2. The van der Waals surface area contributed by atoms with Gasteiger partial charge in [-0.15, -0.1) is 11.3 Å². The molecule has 1 fully saturated rings. The second kappa shape index (κ2) is 8.17. The van der Waals surface area contributed by atoms with Crippen molar-refractivity contribution in [3.05, 3.63) is 21.9 Å². The van der Waals surface area contributed by atoms with Crippen molar-refractivity contribution in [2.45, 2.75) is 25.5 Å². The van der Waals surface area contributed by atoms with Gasteiger partial charge in [-0.25, -0.2) is 4.98 Å². The summed E-state index contributed by atoms with van der Waals surface area (Å²) in [7, 11) is 0. The lowest BCUT2D eigenvalue weighted by Gasteiger charge is -2.08. The minimum Gasteiger partial charge on any atom is -0.462 e. The number of imidazole rings is 1. The van der Waals surface area contributed by atoms with Gasteiger partial charge < -0.3 is 19.8 Å². The Hall–Kier alpha value is -1.62. The van der Waals surface area contributed by atoms with E-state index in [1.807, 2.05) is 5.38 Å². The highest BCUT2D eigenvalue weighted by Gasteiger charge is 2.18. The van der Waals surface area contributed by atoms with E-state index in [1.165, 1.54) is 0 Å². The van der Waals surface area contributed by atoms with Gasteiger partial charge in [0.25, 0.3) is 6.01 Å². The molecule has 3 aromatic heterocycles. The van der Waals surface area contributed by atoms with Gasteiger partial charge >= 0.3 is 0 Å². The van der Waals surface area contributed by atoms with Crippen molar-refractivity contribution in [1.82, 2.24) is 24.9 Å². The van der Waals surface area contributed by atoms with E-state index < -0.39 is 0 Å². The third-order valence-electron chi connectivity index (χ3n) is 3.62. The number of halogens is 1. The van der Waals surface area contributed by atoms with Gasteiger partial charge in [0, 0.05) is 18.2 Å². The van der Waals surface area contributed by atoms with Gasteiger partial charge in [0.2, 0.25) is 5.28 Å². The number of fused-ring (bicyclic) bond motifs is 1. The van der Waals surface area contributed by atoms with E-state index in [0.29, 0.717) is 36.1 Å². The molecule has 0 radical (unpaired) electrons. The first kappa shape index (κ1) is 18.2. The maximum Gasteiger partial charge on any atom is 0.296 e. The topological polar surface area (TPSA) is 97.8 Å². The number of H-pyrrole nitrogens is 1. The summed E-state index contributed by atoms with van der Waals surface area (Å²) in [5.41, 5.74) is 1.11. The highest BCUT2D eigenvalue weighted by atomic mass is 35.5. The highest BCUT2D eigenvalue weighted by molar-refractivity contribution is 7.59. The molecule has 0 bridgehead atoms. The van der Waals surface area contributed by atoms with Gasteiger partial charge in [0.1, 0.15) is 17.1 Å². The average molecular weight is 401 g/mol. The molecule has 0 amide bonds. The Morgan fingerprint density at radius 2 is 2.32 bits per heavy atom. The van der Waals surface area contributed by atoms with E-state index in [9.17, 15) is 0 Å². The summed E-state index contributed by atoms with van der Waals surface area (Å²) in [5, 5.41) is 6.20. The van der Waals surface area contributed by atoms with Crippen LogP contribution in [-0.2, 0) is 11.3 Å². The van der Waals surface area contributed by atoms with E-state index in [2.05, 4.69) is 30.2 Å². The van der Waals surface area contributed by atoms with Crippen molar-refractivity contribution in [3.63, 3.8) is 0 Å². The average Bonchev–Trinajstić information content (AvgIpc) is 3.31. The van der Waals surface area contributed by atoms with Crippen LogP contribution in [-0.4, -0.2) is 44.2 Å². The molecule has 0 spiro atoms. The summed E-state index contributed by atoms with van der Waals surface area (Å²) >= 11 is 7.55. The fraction of sp³-hybridized carbons (Fsp3) is 0.429. The second-order valence-corrected chi connectivity index (χ2v) is 6.62. The normalized spacial score (nSPS) is 16.8. The molecule has 3 aromatic rings. The Labute approximate surface area is 159 Å². The maximum absolute atomic E-state index is 5.98. The van der Waals surface area contributed by atoms with Crippen LogP contribution in [0.1, 0.15) is 17.8 Å². The van der Waals surface area contributed by atoms with Crippen LogP contribution in [0.25, 0.3) is 11.2 Å². The lowest BCUT2D eigenvalue weighted by molar-refractivity contribution is 0.0650. The van der Waals surface area contributed by atoms with E-state index in [-0.39, 0.29) is 24.9 Å². The monoisotopic (exact) mass is 400 g/mol. The Morgan fingerprint density at radius 3 is 3.08 bits per heavy atom. The molecule has 0 unspecified atom stereocenters. The molecule has 8 nitrogen and oxygen atoms in total. The van der Waals surface area contributed by atoms with Crippen LogP contribution < -0.4 is 10.1 Å². The molecule has 0 aromatic carbocycles. The van der Waals surface area contributed by atoms with Crippen LogP contribution in [0.4, 0.5) is 5.82 Å². The van der Waals surface area contributed by atoms with Gasteiger partial charge in [-0.3, -0.25) is 0 Å². The van der Waals surface area contributed by atoms with Gasteiger partial charge in [-0.1, -0.05) is 0 Å². The summed E-state index contributed by atoms with van der Waals surface area (Å²) in [6.45, 7) is 1.80. The molecular weight excluding hydrogens is 384 g/mol. The molecule has 1 atom stereocenters. The predicted octanol–water partition coefficient (Wildman–Crippen LogP) is 2.75. The number of thiazole rings is 1. The maximum atomic E-state index is 5.98. The highest BCUT2D eigenvalue weighted by Crippen LogP contribution is 2.24. The van der Waals surface area contributed by atoms with Crippen molar-refractivity contribution in [2.24, 2.45) is 0 Å². The van der Waals surface area contributed by atoms with Crippen LogP contribution >= 0.6 is 36.4 Å². The molecule has 1 saturated heterocycles. The fourth-order valence-electron chi connectivity index (χ4n) is 2.49. The third kappa shape index (κ3) is 4.32. The van der Waals surface area contributed by atoms with Crippen LogP contribution in [0, 0.1) is 0 Å². The molecule has 134 valence electrons. The third-order valence-corrected chi connectivity index (χ3v) is 4.57. The first-order valence-corrected chi connectivity index (χ1v) is 8.83. The summed E-state index contributed by atoms with van der Waals surface area (Å²) in [6, 6.07) is 0.384. The number of rotatable bonds is 6. The van der Waals surface area contributed by atoms with Crippen LogP contribution in [0.3, 0.4) is 0 Å². The molecule has 2 N–H and O–H groups in total. The first-order chi connectivity index (χ1) is 11.8. The molecule has 4 rings (SSSR count). The predicted molar refractivity (Wildman–Crippen MR) is 101 cm³/mol. The first-order valence-electron chi connectivity index (χ1n) is 7.58. The zero-order valence-corrected chi connectivity index (χ0v) is 15.7. The molecule has 11 heteroatoms. The number of anilines is 1. The van der Waals surface area contributed by atoms with Crippen molar-refractivity contribution < 1.29 is 9.47 Å². The number of nitrogens with one attached hydrogen (secondary N) is 2. The van der Waals surface area contributed by atoms with Gasteiger partial charge in [-0.2, -0.15) is 28.4 Å². The molecule has 25 heavy (non-hydrogen) atoms. The molecular formula is C14H17ClN6O2S2. The number of hydrogen-bond acceptors (Lipinski definition) is 8. The van der Waals surface area contributed by atoms with Crippen molar-refractivity contribution in [1.29, 1.82) is 0 Å². The number of nitrogens with zero attached hydrogens (tertiary/aromatic N) is 4. The molecule has 4 heterocycles. The molecule has 0 saturated carbocycles. The number of aromatic amines is 1. The Balaban J connectivity index is 0.00000182. The summed E-state index contributed by atoms with van der Waals surface area (Å²) in [5.74, 6) is 0.569. The van der Waals surface area contributed by atoms with Gasteiger partial charge in [0.15, 0.2) is 11.5 Å². The van der Waals surface area contributed by atoms with Crippen LogP contribution in [0.2, 0.25) is 5.28 Å². The molecule has 1 aliphatic heterocycles. The summed E-state index contributed by atoms with van der Waals surface area (Å²) in [6.07, 6.45) is 3.96. The van der Waals surface area contributed by atoms with E-state index in [1.54, 1.807) is 17.5 Å². The Bertz CT molecular complexity index is 822. The van der Waals surface area contributed by atoms with Crippen LogP contribution in [0.15, 0.2) is 11.6 Å². The molecule has 0 aliphatic carbocycles. The second-order valence-electron chi connectivity index (χ2n) is 5.31. The van der Waals surface area contributed by atoms with Crippen molar-refractivity contribution in [2.75, 3.05) is 18.5 Å². The number of ether oxygens (including phenoxy) is 2. The minimum absolute atomic E-state index is 0. The van der Waals surface area contributed by atoms with Gasteiger partial charge in [-0.05, 0) is 24.4 Å². The van der Waals surface area contributed by atoms with E-state index in [4.69, 9.17) is 21.1 Å². The Kier molecular flexibility index (Phi) is 5.94. The van der Waals surface area contributed by atoms with Gasteiger partial charge in [0.05, 0.1) is 12.6 Å². The zero-order valence-electron chi connectivity index (χ0n) is 13.2. The lowest BCUT2D eigenvalue weighted by Crippen LogP contribution is -2.16. The largest absolute Gasteiger partial charge is 0.462 e. The van der Waals surface area contributed by atoms with E-state index >= 15 is 0 Å². The quantitative estimate of drug-likeness (QED) is 0.614. The zero-order chi connectivity index (χ0) is 16.4. The fourth-order valence-corrected chi connectivity index (χ4v) is 3.21. The SMILES string of the molecule is Clc1nc(NCc2nccs2)c2[nH]c(OC[C@@H]3CCCO3)nc2n1.S. The smallest absolute Gasteiger partial charge is 0.296 e. The minimum atomic E-state index is 0. The summed E-state index contributed by atoms with van der Waals surface area (Å²) in [4.78, 5) is 20.0. The number of aromatic nitrogens is 5. The van der Waals surface area contributed by atoms with Crippen molar-refractivity contribution >= 4 is 53.4 Å².